The van der Waals surface area contributed by atoms with Crippen LogP contribution in [-0.2, 0) is 6.42 Å². The fourth-order valence-electron chi connectivity index (χ4n) is 2.75. The third-order valence-corrected chi connectivity index (χ3v) is 3.69. The van der Waals surface area contributed by atoms with Crippen LogP contribution in [0.1, 0.15) is 18.1 Å². The molecule has 3 rings (SSSR count). The van der Waals surface area contributed by atoms with Gasteiger partial charge in [0.15, 0.2) is 0 Å². The second kappa shape index (κ2) is 5.26. The Bertz CT molecular complexity index is 846. The van der Waals surface area contributed by atoms with Crippen molar-refractivity contribution >= 4 is 16.7 Å². The van der Waals surface area contributed by atoms with Gasteiger partial charge in [-0.2, -0.15) is 5.26 Å². The normalized spacial score (nSPS) is 10.5. The number of aromatic nitrogens is 1. The van der Waals surface area contributed by atoms with Gasteiger partial charge in [-0.15, -0.1) is 0 Å². The fourth-order valence-corrected chi connectivity index (χ4v) is 2.75. The van der Waals surface area contributed by atoms with Gasteiger partial charge in [-0.3, -0.25) is 0 Å². The summed E-state index contributed by atoms with van der Waals surface area (Å²) in [6, 6.07) is 18.3. The predicted molar refractivity (Wildman–Crippen MR) is 85.7 cm³/mol. The van der Waals surface area contributed by atoms with E-state index < -0.39 is 0 Å². The lowest BCUT2D eigenvalue weighted by Crippen LogP contribution is -2.02. The van der Waals surface area contributed by atoms with Crippen molar-refractivity contribution in [1.29, 1.82) is 5.26 Å². The van der Waals surface area contributed by atoms with Crippen LogP contribution in [-0.4, -0.2) is 4.98 Å². The second-order valence-electron chi connectivity index (χ2n) is 4.88. The molecule has 0 atom stereocenters. The van der Waals surface area contributed by atoms with E-state index >= 15 is 0 Å². The number of hydrogen-bond donors (Lipinski definition) is 1. The largest absolute Gasteiger partial charge is 0.383 e. The van der Waals surface area contributed by atoms with Gasteiger partial charge in [0.05, 0.1) is 11.1 Å². The van der Waals surface area contributed by atoms with E-state index in [4.69, 9.17) is 5.73 Å². The molecule has 0 saturated carbocycles. The molecule has 0 amide bonds. The molecule has 2 N–H and O–H groups in total. The molecule has 1 heterocycles. The summed E-state index contributed by atoms with van der Waals surface area (Å²) in [6.07, 6.45) is 0.746. The van der Waals surface area contributed by atoms with Crippen LogP contribution < -0.4 is 5.73 Å². The minimum atomic E-state index is 0.312. The monoisotopic (exact) mass is 273 g/mol. The molecule has 0 radical (unpaired) electrons. The molecule has 3 aromatic rings. The number of fused-ring (bicyclic) bond motifs is 1. The van der Waals surface area contributed by atoms with Gasteiger partial charge in [0, 0.05) is 5.39 Å². The van der Waals surface area contributed by atoms with E-state index in [9.17, 15) is 5.26 Å². The molecule has 3 heteroatoms. The van der Waals surface area contributed by atoms with Gasteiger partial charge in [0.1, 0.15) is 11.9 Å². The first-order chi connectivity index (χ1) is 10.3. The first kappa shape index (κ1) is 13.1. The van der Waals surface area contributed by atoms with Crippen molar-refractivity contribution in [3.8, 4) is 17.2 Å². The molecule has 0 bridgehead atoms. The zero-order valence-electron chi connectivity index (χ0n) is 11.8. The molecular weight excluding hydrogens is 258 g/mol. The van der Waals surface area contributed by atoms with E-state index in [1.165, 1.54) is 0 Å². The molecule has 0 saturated heterocycles. The van der Waals surface area contributed by atoms with Gasteiger partial charge in [-0.1, -0.05) is 49.4 Å². The average Bonchev–Trinajstić information content (AvgIpc) is 2.53. The van der Waals surface area contributed by atoms with Crippen LogP contribution in [0.15, 0.2) is 48.5 Å². The van der Waals surface area contributed by atoms with Crippen molar-refractivity contribution < 1.29 is 0 Å². The maximum absolute atomic E-state index is 9.38. The summed E-state index contributed by atoms with van der Waals surface area (Å²) < 4.78 is 0. The Kier molecular flexibility index (Phi) is 3.29. The number of pyridine rings is 1. The molecule has 102 valence electrons. The van der Waals surface area contributed by atoms with Gasteiger partial charge in [-0.05, 0) is 29.2 Å². The third-order valence-electron chi connectivity index (χ3n) is 3.69. The highest BCUT2D eigenvalue weighted by Crippen LogP contribution is 2.33. The Morgan fingerprint density at radius 2 is 1.86 bits per heavy atom. The van der Waals surface area contributed by atoms with Gasteiger partial charge >= 0.3 is 0 Å². The van der Waals surface area contributed by atoms with E-state index in [1.54, 1.807) is 0 Å². The number of nitrogens with zero attached hydrogens (tertiary/aromatic N) is 2. The van der Waals surface area contributed by atoms with Crippen LogP contribution in [0.4, 0.5) is 5.82 Å². The fraction of sp³-hybridized carbons (Fsp3) is 0.111. The van der Waals surface area contributed by atoms with Crippen LogP contribution >= 0.6 is 0 Å². The zero-order valence-corrected chi connectivity index (χ0v) is 11.8. The molecule has 0 spiro atoms. The van der Waals surface area contributed by atoms with Crippen molar-refractivity contribution in [2.24, 2.45) is 0 Å². The maximum Gasteiger partial charge on any atom is 0.142 e. The predicted octanol–water partition coefficient (Wildman–Crippen LogP) is 3.92. The van der Waals surface area contributed by atoms with Crippen LogP contribution in [0.3, 0.4) is 0 Å². The molecule has 0 aliphatic heterocycles. The lowest BCUT2D eigenvalue weighted by molar-refractivity contribution is 1.14. The Hall–Kier alpha value is -2.86. The van der Waals surface area contributed by atoms with Gasteiger partial charge < -0.3 is 5.73 Å². The number of benzene rings is 2. The highest BCUT2D eigenvalue weighted by molar-refractivity contribution is 5.99. The molecular formula is C18H15N3. The smallest absolute Gasteiger partial charge is 0.142 e. The molecule has 21 heavy (non-hydrogen) atoms. The molecule has 1 aromatic heterocycles. The lowest BCUT2D eigenvalue weighted by Gasteiger charge is -2.13. The Balaban J connectivity index is 2.45. The molecule has 0 unspecified atom stereocenters. The number of anilines is 1. The maximum atomic E-state index is 9.38. The number of nitrogens with two attached hydrogens (primary N) is 1. The summed E-state index contributed by atoms with van der Waals surface area (Å²) in [6.45, 7) is 2.04. The molecule has 0 aliphatic rings. The standard InChI is InChI=1S/C18H15N3/c1-2-13-15(11-19)18(20)21-16-10-6-9-14(17(13)16)12-7-4-3-5-8-12/h3-10H,2H2,1H3,(H2,20,21). The second-order valence-corrected chi connectivity index (χ2v) is 4.88. The van der Waals surface area contributed by atoms with Crippen LogP contribution in [0.25, 0.3) is 22.0 Å². The quantitative estimate of drug-likeness (QED) is 0.769. The number of aryl methyl sites for hydroxylation is 1. The Morgan fingerprint density at radius 3 is 2.52 bits per heavy atom. The number of hydrogen-bond acceptors (Lipinski definition) is 3. The SMILES string of the molecule is CCc1c(C#N)c(N)nc2cccc(-c3ccccc3)c12. The summed E-state index contributed by atoms with van der Waals surface area (Å²) >= 11 is 0. The van der Waals surface area contributed by atoms with Crippen molar-refractivity contribution in [3.05, 3.63) is 59.7 Å². The van der Waals surface area contributed by atoms with Gasteiger partial charge in [0.25, 0.3) is 0 Å². The van der Waals surface area contributed by atoms with Crippen LogP contribution in [0, 0.1) is 11.3 Å². The average molecular weight is 273 g/mol. The van der Waals surface area contributed by atoms with Gasteiger partial charge in [-0.25, -0.2) is 4.98 Å². The van der Waals surface area contributed by atoms with Gasteiger partial charge in [0.2, 0.25) is 0 Å². The minimum Gasteiger partial charge on any atom is -0.383 e. The van der Waals surface area contributed by atoms with Crippen molar-refractivity contribution in [1.82, 2.24) is 4.98 Å². The summed E-state index contributed by atoms with van der Waals surface area (Å²) in [5.41, 5.74) is 10.4. The Labute approximate surface area is 123 Å². The first-order valence-electron chi connectivity index (χ1n) is 6.92. The highest BCUT2D eigenvalue weighted by atomic mass is 14.8. The summed E-state index contributed by atoms with van der Waals surface area (Å²) in [5.74, 6) is 0.312. The zero-order chi connectivity index (χ0) is 14.8. The lowest BCUT2D eigenvalue weighted by atomic mass is 9.93. The molecule has 0 fully saturated rings. The van der Waals surface area contributed by atoms with E-state index in [1.807, 2.05) is 37.3 Å². The van der Waals surface area contributed by atoms with Crippen molar-refractivity contribution in [2.75, 3.05) is 5.73 Å². The summed E-state index contributed by atoms with van der Waals surface area (Å²) in [4.78, 5) is 4.40. The third kappa shape index (κ3) is 2.11. The molecule has 2 aromatic carbocycles. The first-order valence-corrected chi connectivity index (χ1v) is 6.92. The number of rotatable bonds is 2. The molecule has 3 nitrogen and oxygen atoms in total. The van der Waals surface area contributed by atoms with E-state index in [-0.39, 0.29) is 0 Å². The summed E-state index contributed by atoms with van der Waals surface area (Å²) in [5, 5.41) is 10.4. The van der Waals surface area contributed by atoms with Crippen LogP contribution in [0.2, 0.25) is 0 Å². The van der Waals surface area contributed by atoms with Crippen molar-refractivity contribution in [2.45, 2.75) is 13.3 Å². The van der Waals surface area contributed by atoms with E-state index in [0.717, 1.165) is 34.0 Å². The van der Waals surface area contributed by atoms with E-state index in [0.29, 0.717) is 11.4 Å². The van der Waals surface area contributed by atoms with E-state index in [2.05, 4.69) is 29.3 Å². The molecule has 0 aliphatic carbocycles. The summed E-state index contributed by atoms with van der Waals surface area (Å²) in [7, 11) is 0. The Morgan fingerprint density at radius 1 is 1.10 bits per heavy atom. The minimum absolute atomic E-state index is 0.312. The number of nitriles is 1. The van der Waals surface area contributed by atoms with Crippen molar-refractivity contribution in [3.63, 3.8) is 0 Å². The topological polar surface area (TPSA) is 62.7 Å². The van der Waals surface area contributed by atoms with Crippen LogP contribution in [0.5, 0.6) is 0 Å². The highest BCUT2D eigenvalue weighted by Gasteiger charge is 2.15. The number of nitrogen functional groups attached to an aromatic ring is 1.